The molecule has 0 aromatic heterocycles. The van der Waals surface area contributed by atoms with Crippen LogP contribution in [0.5, 0.6) is 0 Å². The molecule has 2 rings (SSSR count). The zero-order valence-electron chi connectivity index (χ0n) is 10.6. The van der Waals surface area contributed by atoms with Crippen molar-refractivity contribution in [3.63, 3.8) is 0 Å². The summed E-state index contributed by atoms with van der Waals surface area (Å²) in [6, 6.07) is 0.603. The Morgan fingerprint density at radius 3 is 2.75 bits per heavy atom. The second-order valence-corrected chi connectivity index (χ2v) is 6.57. The molecule has 94 valence electrons. The third kappa shape index (κ3) is 1.90. The monoisotopic (exact) mass is 244 g/mol. The Balaban J connectivity index is 2.20. The first-order valence-electron chi connectivity index (χ1n) is 6.32. The number of thioether (sulfide) groups is 1. The lowest BCUT2D eigenvalue weighted by Gasteiger charge is -2.50. The van der Waals surface area contributed by atoms with Gasteiger partial charge in [0.1, 0.15) is 0 Å². The molecule has 0 radical (unpaired) electrons. The van der Waals surface area contributed by atoms with Gasteiger partial charge in [0.2, 0.25) is 0 Å². The van der Waals surface area contributed by atoms with Gasteiger partial charge in [0.05, 0.1) is 11.6 Å². The van der Waals surface area contributed by atoms with E-state index >= 15 is 0 Å². The standard InChI is InChI=1S/C12H24N2OS/c1-9-10(2)16-7-5-14(9)12(8-13)4-6-15-11(12)3/h9-11H,4-8,13H2,1-3H3. The van der Waals surface area contributed by atoms with Crippen LogP contribution in [0.15, 0.2) is 0 Å². The number of hydrogen-bond donors (Lipinski definition) is 1. The summed E-state index contributed by atoms with van der Waals surface area (Å²) in [7, 11) is 0. The van der Waals surface area contributed by atoms with Crippen LogP contribution < -0.4 is 5.73 Å². The summed E-state index contributed by atoms with van der Waals surface area (Å²) >= 11 is 2.08. The molecule has 0 saturated carbocycles. The van der Waals surface area contributed by atoms with E-state index < -0.39 is 0 Å². The second-order valence-electron chi connectivity index (χ2n) is 5.08. The van der Waals surface area contributed by atoms with Gasteiger partial charge in [-0.3, -0.25) is 4.90 Å². The maximum absolute atomic E-state index is 6.07. The Kier molecular flexibility index (Phi) is 3.84. The minimum absolute atomic E-state index is 0.0919. The normalized spacial score (nSPS) is 46.1. The summed E-state index contributed by atoms with van der Waals surface area (Å²) in [5.74, 6) is 1.22. The third-order valence-electron chi connectivity index (χ3n) is 4.47. The van der Waals surface area contributed by atoms with E-state index in [9.17, 15) is 0 Å². The number of ether oxygens (including phenoxy) is 1. The van der Waals surface area contributed by atoms with Crippen molar-refractivity contribution in [2.24, 2.45) is 5.73 Å². The molecule has 0 aliphatic carbocycles. The molecule has 4 heteroatoms. The predicted molar refractivity (Wildman–Crippen MR) is 69.9 cm³/mol. The molecule has 0 spiro atoms. The topological polar surface area (TPSA) is 38.5 Å². The number of nitrogens with two attached hydrogens (primary N) is 1. The summed E-state index contributed by atoms with van der Waals surface area (Å²) < 4.78 is 5.77. The summed E-state index contributed by atoms with van der Waals surface area (Å²) in [5.41, 5.74) is 6.16. The Hall–Kier alpha value is 0.230. The highest BCUT2D eigenvalue weighted by Crippen LogP contribution is 2.37. The molecule has 2 heterocycles. The van der Waals surface area contributed by atoms with Crippen LogP contribution in [0, 0.1) is 0 Å². The third-order valence-corrected chi connectivity index (χ3v) is 5.81. The van der Waals surface area contributed by atoms with Crippen LogP contribution in [0.1, 0.15) is 27.2 Å². The van der Waals surface area contributed by atoms with Gasteiger partial charge in [-0.2, -0.15) is 11.8 Å². The highest BCUT2D eigenvalue weighted by atomic mass is 32.2. The first-order valence-corrected chi connectivity index (χ1v) is 7.36. The second kappa shape index (κ2) is 4.84. The molecule has 2 aliphatic rings. The number of rotatable bonds is 2. The van der Waals surface area contributed by atoms with E-state index in [2.05, 4.69) is 37.4 Å². The maximum Gasteiger partial charge on any atom is 0.0743 e. The molecule has 0 bridgehead atoms. The van der Waals surface area contributed by atoms with Gasteiger partial charge in [-0.05, 0) is 20.3 Å². The van der Waals surface area contributed by atoms with Crippen molar-refractivity contribution in [3.8, 4) is 0 Å². The van der Waals surface area contributed by atoms with Crippen LogP contribution in [-0.4, -0.2) is 53.3 Å². The quantitative estimate of drug-likeness (QED) is 0.795. The van der Waals surface area contributed by atoms with Crippen LogP contribution in [0.4, 0.5) is 0 Å². The van der Waals surface area contributed by atoms with Crippen LogP contribution in [0.2, 0.25) is 0 Å². The van der Waals surface area contributed by atoms with Crippen molar-refractivity contribution in [2.75, 3.05) is 25.4 Å². The molecule has 0 aromatic carbocycles. The molecule has 4 unspecified atom stereocenters. The smallest absolute Gasteiger partial charge is 0.0743 e. The molecule has 4 atom stereocenters. The fourth-order valence-electron chi connectivity index (χ4n) is 3.09. The first kappa shape index (κ1) is 12.7. The maximum atomic E-state index is 6.07. The lowest BCUT2D eigenvalue weighted by molar-refractivity contribution is -0.00472. The fraction of sp³-hybridized carbons (Fsp3) is 1.00. The summed E-state index contributed by atoms with van der Waals surface area (Å²) in [4.78, 5) is 2.62. The Morgan fingerprint density at radius 2 is 2.19 bits per heavy atom. The summed E-state index contributed by atoms with van der Waals surface area (Å²) in [6.45, 7) is 9.57. The van der Waals surface area contributed by atoms with Gasteiger partial charge in [0.25, 0.3) is 0 Å². The van der Waals surface area contributed by atoms with Gasteiger partial charge in [0.15, 0.2) is 0 Å². The van der Waals surface area contributed by atoms with Gasteiger partial charge >= 0.3 is 0 Å². The van der Waals surface area contributed by atoms with E-state index in [1.54, 1.807) is 0 Å². The average molecular weight is 244 g/mol. The molecule has 0 aromatic rings. The van der Waals surface area contributed by atoms with Gasteiger partial charge < -0.3 is 10.5 Å². The zero-order chi connectivity index (χ0) is 11.8. The van der Waals surface area contributed by atoms with Crippen molar-refractivity contribution in [1.82, 2.24) is 4.90 Å². The highest BCUT2D eigenvalue weighted by Gasteiger charge is 2.48. The van der Waals surface area contributed by atoms with Gasteiger partial charge in [0, 0.05) is 36.7 Å². The van der Waals surface area contributed by atoms with Crippen LogP contribution in [0.25, 0.3) is 0 Å². The summed E-state index contributed by atoms with van der Waals surface area (Å²) in [6.07, 6.45) is 1.36. The van der Waals surface area contributed by atoms with Crippen molar-refractivity contribution in [3.05, 3.63) is 0 Å². The van der Waals surface area contributed by atoms with E-state index in [-0.39, 0.29) is 11.6 Å². The molecule has 3 nitrogen and oxygen atoms in total. The minimum Gasteiger partial charge on any atom is -0.376 e. The Labute approximate surface area is 103 Å². The zero-order valence-corrected chi connectivity index (χ0v) is 11.4. The Bertz CT molecular complexity index is 251. The molecule has 2 N–H and O–H groups in total. The van der Waals surface area contributed by atoms with Crippen molar-refractivity contribution >= 4 is 11.8 Å². The van der Waals surface area contributed by atoms with E-state index in [4.69, 9.17) is 10.5 Å². The van der Waals surface area contributed by atoms with Gasteiger partial charge in [-0.25, -0.2) is 0 Å². The van der Waals surface area contributed by atoms with Crippen LogP contribution in [0.3, 0.4) is 0 Å². The van der Waals surface area contributed by atoms with Gasteiger partial charge in [-0.15, -0.1) is 0 Å². The van der Waals surface area contributed by atoms with E-state index in [0.717, 1.165) is 26.1 Å². The first-order chi connectivity index (χ1) is 7.62. The molecule has 0 amide bonds. The van der Waals surface area contributed by atoms with Crippen LogP contribution >= 0.6 is 11.8 Å². The largest absolute Gasteiger partial charge is 0.376 e. The van der Waals surface area contributed by atoms with E-state index in [1.807, 2.05) is 0 Å². The van der Waals surface area contributed by atoms with E-state index in [0.29, 0.717) is 11.3 Å². The minimum atomic E-state index is 0.0919. The fourth-order valence-corrected chi connectivity index (χ4v) is 4.19. The SMILES string of the molecule is CC1SCCN(C2(CN)CCOC2C)C1C. The molecule has 2 saturated heterocycles. The molecule has 16 heavy (non-hydrogen) atoms. The summed E-state index contributed by atoms with van der Waals surface area (Å²) in [5, 5.41) is 0.699. The number of hydrogen-bond acceptors (Lipinski definition) is 4. The molecule has 2 fully saturated rings. The van der Waals surface area contributed by atoms with Crippen molar-refractivity contribution < 1.29 is 4.74 Å². The molecular formula is C12H24N2OS. The lowest BCUT2D eigenvalue weighted by atomic mass is 9.88. The predicted octanol–water partition coefficient (Wildman–Crippen LogP) is 1.32. The average Bonchev–Trinajstić information content (AvgIpc) is 2.65. The molecule has 2 aliphatic heterocycles. The van der Waals surface area contributed by atoms with Crippen LogP contribution in [-0.2, 0) is 4.74 Å². The lowest BCUT2D eigenvalue weighted by Crippen LogP contribution is -2.64. The molecular weight excluding hydrogens is 220 g/mol. The van der Waals surface area contributed by atoms with Gasteiger partial charge in [-0.1, -0.05) is 6.92 Å². The van der Waals surface area contributed by atoms with Crippen molar-refractivity contribution in [1.29, 1.82) is 0 Å². The number of nitrogens with zero attached hydrogens (tertiary/aromatic N) is 1. The van der Waals surface area contributed by atoms with Crippen molar-refractivity contribution in [2.45, 2.75) is 50.1 Å². The Morgan fingerprint density at radius 1 is 1.44 bits per heavy atom. The van der Waals surface area contributed by atoms with E-state index in [1.165, 1.54) is 5.75 Å². The highest BCUT2D eigenvalue weighted by molar-refractivity contribution is 8.00.